The summed E-state index contributed by atoms with van der Waals surface area (Å²) in [6.07, 6.45) is 1.52. The van der Waals surface area contributed by atoms with Crippen molar-refractivity contribution in [2.24, 2.45) is 5.92 Å². The van der Waals surface area contributed by atoms with Gasteiger partial charge in [0.15, 0.2) is 12.4 Å². The number of amides is 1. The highest BCUT2D eigenvalue weighted by molar-refractivity contribution is 5.90. The van der Waals surface area contributed by atoms with E-state index in [1.165, 1.54) is 12.0 Å². The van der Waals surface area contributed by atoms with Gasteiger partial charge in [-0.1, -0.05) is 5.16 Å². The summed E-state index contributed by atoms with van der Waals surface area (Å²) in [4.78, 5) is 24.4. The summed E-state index contributed by atoms with van der Waals surface area (Å²) < 4.78 is 9.63. The van der Waals surface area contributed by atoms with Crippen molar-refractivity contribution in [3.05, 3.63) is 11.8 Å². The number of likely N-dealkylation sites (tertiary alicyclic amines) is 1. The number of aryl methyl sites for hydroxylation is 1. The molecule has 7 heteroatoms. The molecule has 7 nitrogen and oxygen atoms in total. The summed E-state index contributed by atoms with van der Waals surface area (Å²) in [6.45, 7) is 3.74. The lowest BCUT2D eigenvalue weighted by atomic mass is 9.97. The van der Waals surface area contributed by atoms with Gasteiger partial charge < -0.3 is 19.5 Å². The standard InChI is InChI=1S/C13H19N3O4/c1-9-7-11(15-20-9)14-12(17)8-16-5-3-10(4-6-16)13(18)19-2/h7,10H,3-6,8H2,1-2H3,(H,14,15,17)/p+1. The highest BCUT2D eigenvalue weighted by atomic mass is 16.5. The van der Waals surface area contributed by atoms with E-state index >= 15 is 0 Å². The summed E-state index contributed by atoms with van der Waals surface area (Å²) >= 11 is 0. The molecule has 2 N–H and O–H groups in total. The number of nitrogens with zero attached hydrogens (tertiary/aromatic N) is 1. The fourth-order valence-electron chi connectivity index (χ4n) is 2.44. The van der Waals surface area contributed by atoms with E-state index in [4.69, 9.17) is 9.26 Å². The Kier molecular flexibility index (Phi) is 4.73. The number of esters is 1. The van der Waals surface area contributed by atoms with Crippen LogP contribution in [-0.2, 0) is 14.3 Å². The number of carbonyl (C=O) groups excluding carboxylic acids is 2. The lowest BCUT2D eigenvalue weighted by Gasteiger charge is -2.27. The van der Waals surface area contributed by atoms with Crippen molar-refractivity contribution < 1.29 is 23.7 Å². The summed E-state index contributed by atoms with van der Waals surface area (Å²) in [5, 5.41) is 6.42. The molecule has 1 aliphatic rings. The minimum atomic E-state index is -0.147. The maximum atomic E-state index is 11.9. The van der Waals surface area contributed by atoms with E-state index in [0.29, 0.717) is 18.1 Å². The number of ether oxygens (including phenoxy) is 1. The molecule has 1 aliphatic heterocycles. The van der Waals surface area contributed by atoms with Gasteiger partial charge in [0.1, 0.15) is 5.76 Å². The second-order valence-electron chi connectivity index (χ2n) is 5.10. The van der Waals surface area contributed by atoms with Crippen LogP contribution in [0.5, 0.6) is 0 Å². The van der Waals surface area contributed by atoms with Crippen LogP contribution >= 0.6 is 0 Å². The highest BCUT2D eigenvalue weighted by Crippen LogP contribution is 2.11. The first kappa shape index (κ1) is 14.5. The van der Waals surface area contributed by atoms with E-state index in [1.807, 2.05) is 0 Å². The van der Waals surface area contributed by atoms with Crippen LogP contribution in [0.15, 0.2) is 10.6 Å². The van der Waals surface area contributed by atoms with E-state index in [1.54, 1.807) is 13.0 Å². The van der Waals surface area contributed by atoms with Gasteiger partial charge in [-0.3, -0.25) is 9.59 Å². The molecule has 20 heavy (non-hydrogen) atoms. The molecule has 0 aromatic carbocycles. The van der Waals surface area contributed by atoms with Crippen LogP contribution in [0.4, 0.5) is 5.82 Å². The number of hydrogen-bond donors (Lipinski definition) is 2. The Morgan fingerprint density at radius 1 is 1.50 bits per heavy atom. The van der Waals surface area contributed by atoms with Crippen LogP contribution in [0, 0.1) is 12.8 Å². The molecule has 1 saturated heterocycles. The number of nitrogens with one attached hydrogen (secondary N) is 2. The monoisotopic (exact) mass is 282 g/mol. The largest absolute Gasteiger partial charge is 0.469 e. The number of methoxy groups -OCH3 is 1. The number of rotatable bonds is 4. The van der Waals surface area contributed by atoms with Crippen LogP contribution in [0.3, 0.4) is 0 Å². The van der Waals surface area contributed by atoms with Gasteiger partial charge in [-0.15, -0.1) is 0 Å². The zero-order chi connectivity index (χ0) is 14.5. The van der Waals surface area contributed by atoms with E-state index in [2.05, 4.69) is 10.5 Å². The molecule has 0 unspecified atom stereocenters. The predicted molar refractivity (Wildman–Crippen MR) is 70.2 cm³/mol. The van der Waals surface area contributed by atoms with Crippen molar-refractivity contribution in [3.8, 4) is 0 Å². The van der Waals surface area contributed by atoms with Gasteiger partial charge >= 0.3 is 5.97 Å². The average molecular weight is 282 g/mol. The molecule has 2 heterocycles. The van der Waals surface area contributed by atoms with Crippen LogP contribution in [0.2, 0.25) is 0 Å². The molecule has 1 fully saturated rings. The summed E-state index contributed by atoms with van der Waals surface area (Å²) in [7, 11) is 1.41. The Hall–Kier alpha value is -1.89. The van der Waals surface area contributed by atoms with E-state index < -0.39 is 0 Å². The van der Waals surface area contributed by atoms with Crippen LogP contribution in [0.25, 0.3) is 0 Å². The third-order valence-electron chi connectivity index (χ3n) is 3.53. The van der Waals surface area contributed by atoms with E-state index in [0.717, 1.165) is 25.9 Å². The molecule has 1 amide bonds. The molecule has 0 saturated carbocycles. The van der Waals surface area contributed by atoms with Crippen molar-refractivity contribution in [1.29, 1.82) is 0 Å². The molecule has 2 rings (SSSR count). The highest BCUT2D eigenvalue weighted by Gasteiger charge is 2.29. The second kappa shape index (κ2) is 6.51. The topological polar surface area (TPSA) is 85.9 Å². The first-order valence-electron chi connectivity index (χ1n) is 6.73. The van der Waals surface area contributed by atoms with Crippen molar-refractivity contribution in [1.82, 2.24) is 5.16 Å². The smallest absolute Gasteiger partial charge is 0.309 e. The zero-order valence-corrected chi connectivity index (χ0v) is 11.8. The van der Waals surface area contributed by atoms with Gasteiger partial charge in [0.05, 0.1) is 26.1 Å². The summed E-state index contributed by atoms with van der Waals surface area (Å²) in [6, 6.07) is 1.68. The molecule has 1 aromatic rings. The molecule has 0 atom stereocenters. The molecule has 0 spiro atoms. The van der Waals surface area contributed by atoms with Crippen molar-refractivity contribution in [2.45, 2.75) is 19.8 Å². The molecular formula is C13H20N3O4+. The van der Waals surface area contributed by atoms with Crippen molar-refractivity contribution >= 4 is 17.7 Å². The van der Waals surface area contributed by atoms with Crippen LogP contribution in [0.1, 0.15) is 18.6 Å². The van der Waals surface area contributed by atoms with Crippen molar-refractivity contribution in [2.75, 3.05) is 32.1 Å². The Labute approximate surface area is 117 Å². The zero-order valence-electron chi connectivity index (χ0n) is 11.8. The predicted octanol–water partition coefficient (Wildman–Crippen LogP) is -0.611. The second-order valence-corrected chi connectivity index (χ2v) is 5.10. The number of hydrogen-bond acceptors (Lipinski definition) is 5. The fraction of sp³-hybridized carbons (Fsp3) is 0.615. The number of quaternary nitrogens is 1. The summed E-state index contributed by atoms with van der Waals surface area (Å²) in [5.41, 5.74) is 0. The van der Waals surface area contributed by atoms with Gasteiger partial charge in [0.25, 0.3) is 5.91 Å². The Morgan fingerprint density at radius 3 is 2.75 bits per heavy atom. The Bertz CT molecular complexity index is 478. The maximum absolute atomic E-state index is 11.9. The third-order valence-corrected chi connectivity index (χ3v) is 3.53. The number of piperidine rings is 1. The quantitative estimate of drug-likeness (QED) is 0.720. The number of anilines is 1. The number of carbonyl (C=O) groups is 2. The van der Waals surface area contributed by atoms with Crippen molar-refractivity contribution in [3.63, 3.8) is 0 Å². The summed E-state index contributed by atoms with van der Waals surface area (Å²) in [5.74, 6) is 0.837. The van der Waals surface area contributed by atoms with Gasteiger partial charge in [-0.2, -0.15) is 0 Å². The minimum absolute atomic E-state index is 0.0231. The SMILES string of the molecule is COC(=O)C1CC[NH+](CC(=O)Nc2cc(C)on2)CC1. The van der Waals surface area contributed by atoms with Gasteiger partial charge in [0.2, 0.25) is 0 Å². The molecular weight excluding hydrogens is 262 g/mol. The molecule has 1 aromatic heterocycles. The Morgan fingerprint density at radius 2 is 2.20 bits per heavy atom. The first-order chi connectivity index (χ1) is 9.58. The fourth-order valence-corrected chi connectivity index (χ4v) is 2.44. The maximum Gasteiger partial charge on any atom is 0.309 e. The van der Waals surface area contributed by atoms with E-state index in [9.17, 15) is 9.59 Å². The van der Waals surface area contributed by atoms with E-state index in [-0.39, 0.29) is 17.8 Å². The van der Waals surface area contributed by atoms with Crippen LogP contribution in [-0.4, -0.2) is 43.8 Å². The molecule has 0 aliphatic carbocycles. The average Bonchev–Trinajstić information content (AvgIpc) is 2.84. The molecule has 110 valence electrons. The Balaban J connectivity index is 1.75. The molecule has 0 radical (unpaired) electrons. The lowest BCUT2D eigenvalue weighted by molar-refractivity contribution is -0.897. The van der Waals surface area contributed by atoms with Crippen LogP contribution < -0.4 is 10.2 Å². The van der Waals surface area contributed by atoms with Gasteiger partial charge in [-0.25, -0.2) is 0 Å². The lowest BCUT2D eigenvalue weighted by Crippen LogP contribution is -3.14. The van der Waals surface area contributed by atoms with Gasteiger partial charge in [-0.05, 0) is 6.92 Å². The molecule has 0 bridgehead atoms. The first-order valence-corrected chi connectivity index (χ1v) is 6.73. The third kappa shape index (κ3) is 3.80. The normalized spacial score (nSPS) is 22.3. The number of aromatic nitrogens is 1. The minimum Gasteiger partial charge on any atom is -0.469 e. The van der Waals surface area contributed by atoms with Gasteiger partial charge in [0, 0.05) is 18.9 Å².